The van der Waals surface area contributed by atoms with Crippen LogP contribution in [0, 0.1) is 0 Å². The maximum atomic E-state index is 12.6. The summed E-state index contributed by atoms with van der Waals surface area (Å²) in [6, 6.07) is 11.7. The van der Waals surface area contributed by atoms with Crippen LogP contribution in [0.15, 0.2) is 42.5 Å². The zero-order valence-corrected chi connectivity index (χ0v) is 14.9. The average Bonchev–Trinajstić information content (AvgIpc) is 2.66. The molecule has 0 bridgehead atoms. The van der Waals surface area contributed by atoms with Crippen molar-refractivity contribution in [2.45, 2.75) is 0 Å². The number of ether oxygens (including phenoxy) is 2. The van der Waals surface area contributed by atoms with Crippen LogP contribution in [0.25, 0.3) is 0 Å². The van der Waals surface area contributed by atoms with Gasteiger partial charge in [0.25, 0.3) is 11.8 Å². The van der Waals surface area contributed by atoms with E-state index in [2.05, 4.69) is 10.6 Å². The fourth-order valence-electron chi connectivity index (χ4n) is 2.62. The fourth-order valence-corrected chi connectivity index (χ4v) is 2.62. The van der Waals surface area contributed by atoms with Gasteiger partial charge in [-0.05, 0) is 30.3 Å². The van der Waals surface area contributed by atoms with E-state index in [9.17, 15) is 14.4 Å². The van der Waals surface area contributed by atoms with Crippen molar-refractivity contribution in [1.29, 1.82) is 0 Å². The Hall–Kier alpha value is -3.55. The molecule has 0 fully saturated rings. The largest absolute Gasteiger partial charge is 0.497 e. The summed E-state index contributed by atoms with van der Waals surface area (Å²) >= 11 is 0. The van der Waals surface area contributed by atoms with E-state index in [0.29, 0.717) is 28.4 Å². The molecule has 0 aliphatic carbocycles. The van der Waals surface area contributed by atoms with E-state index in [0.717, 1.165) is 0 Å². The highest BCUT2D eigenvalue weighted by molar-refractivity contribution is 6.01. The van der Waals surface area contributed by atoms with Gasteiger partial charge in [-0.25, -0.2) is 0 Å². The summed E-state index contributed by atoms with van der Waals surface area (Å²) in [5.74, 6) is 0.139. The molecule has 1 aliphatic heterocycles. The van der Waals surface area contributed by atoms with Crippen LogP contribution in [0.5, 0.6) is 11.5 Å². The highest BCUT2D eigenvalue weighted by Gasteiger charge is 2.20. The number of carbonyl (C=O) groups is 3. The van der Waals surface area contributed by atoms with Crippen LogP contribution in [-0.4, -0.2) is 49.9 Å². The van der Waals surface area contributed by atoms with Crippen molar-refractivity contribution in [3.8, 4) is 11.5 Å². The lowest BCUT2D eigenvalue weighted by Gasteiger charge is -2.20. The second-order valence-electron chi connectivity index (χ2n) is 5.99. The fraction of sp³-hybridized carbons (Fsp3) is 0.211. The normalized spacial score (nSPS) is 12.3. The Kier molecular flexibility index (Phi) is 5.25. The molecule has 2 aromatic carbocycles. The number of anilines is 2. The lowest BCUT2D eigenvalue weighted by molar-refractivity contribution is -0.118. The highest BCUT2D eigenvalue weighted by atomic mass is 16.5. The minimum absolute atomic E-state index is 0.0938. The number of fused-ring (bicyclic) bond motifs is 1. The Bertz CT molecular complexity index is 897. The molecule has 8 nitrogen and oxygen atoms in total. The van der Waals surface area contributed by atoms with Crippen LogP contribution in [0.2, 0.25) is 0 Å². The monoisotopic (exact) mass is 369 g/mol. The van der Waals surface area contributed by atoms with Crippen molar-refractivity contribution in [2.75, 3.05) is 37.9 Å². The van der Waals surface area contributed by atoms with E-state index < -0.39 is 0 Å². The molecule has 0 atom stereocenters. The van der Waals surface area contributed by atoms with Crippen LogP contribution < -0.4 is 20.1 Å². The lowest BCUT2D eigenvalue weighted by Crippen LogP contribution is -2.35. The van der Waals surface area contributed by atoms with Gasteiger partial charge in [0.1, 0.15) is 11.5 Å². The van der Waals surface area contributed by atoms with Crippen LogP contribution in [0.4, 0.5) is 11.4 Å². The molecule has 0 radical (unpaired) electrons. The first-order valence-corrected chi connectivity index (χ1v) is 8.22. The van der Waals surface area contributed by atoms with Crippen LogP contribution >= 0.6 is 0 Å². The highest BCUT2D eigenvalue weighted by Crippen LogP contribution is 2.28. The van der Waals surface area contributed by atoms with Crippen molar-refractivity contribution >= 4 is 29.1 Å². The third-order valence-electron chi connectivity index (χ3n) is 3.94. The summed E-state index contributed by atoms with van der Waals surface area (Å²) in [7, 11) is 3.08. The van der Waals surface area contributed by atoms with Gasteiger partial charge in [-0.15, -0.1) is 0 Å². The van der Waals surface area contributed by atoms with Crippen molar-refractivity contribution < 1.29 is 23.9 Å². The first-order chi connectivity index (χ1) is 13.0. The van der Waals surface area contributed by atoms with Crippen LogP contribution in [-0.2, 0) is 9.59 Å². The van der Waals surface area contributed by atoms with E-state index in [1.807, 2.05) is 0 Å². The smallest absolute Gasteiger partial charge is 0.262 e. The van der Waals surface area contributed by atoms with Gasteiger partial charge < -0.3 is 25.0 Å². The summed E-state index contributed by atoms with van der Waals surface area (Å²) in [4.78, 5) is 37.4. The number of hydrogen-bond acceptors (Lipinski definition) is 5. The maximum Gasteiger partial charge on any atom is 0.262 e. The van der Waals surface area contributed by atoms with Crippen LogP contribution in [0.3, 0.4) is 0 Å². The Morgan fingerprint density at radius 3 is 2.85 bits per heavy atom. The Morgan fingerprint density at radius 1 is 1.26 bits per heavy atom. The number of amides is 3. The summed E-state index contributed by atoms with van der Waals surface area (Å²) < 4.78 is 10.4. The van der Waals surface area contributed by atoms with Gasteiger partial charge >= 0.3 is 0 Å². The van der Waals surface area contributed by atoms with Gasteiger partial charge in [-0.3, -0.25) is 14.4 Å². The number of nitrogens with one attached hydrogen (secondary N) is 2. The molecule has 8 heteroatoms. The van der Waals surface area contributed by atoms with E-state index in [4.69, 9.17) is 9.47 Å². The zero-order valence-electron chi connectivity index (χ0n) is 14.9. The second kappa shape index (κ2) is 7.77. The van der Waals surface area contributed by atoms with E-state index >= 15 is 0 Å². The first kappa shape index (κ1) is 18.2. The lowest BCUT2D eigenvalue weighted by atomic mass is 10.1. The Balaban J connectivity index is 1.63. The van der Waals surface area contributed by atoms with Crippen molar-refractivity contribution in [1.82, 2.24) is 4.90 Å². The topological polar surface area (TPSA) is 97.0 Å². The van der Waals surface area contributed by atoms with Crippen molar-refractivity contribution in [3.63, 3.8) is 0 Å². The van der Waals surface area contributed by atoms with Crippen molar-refractivity contribution in [3.05, 3.63) is 48.0 Å². The molecule has 1 heterocycles. The van der Waals surface area contributed by atoms with Gasteiger partial charge in [0, 0.05) is 24.4 Å². The average molecular weight is 369 g/mol. The summed E-state index contributed by atoms with van der Waals surface area (Å²) in [6.07, 6.45) is 0. The van der Waals surface area contributed by atoms with Crippen LogP contribution in [0.1, 0.15) is 10.4 Å². The molecule has 0 unspecified atom stereocenters. The molecular formula is C19H19N3O5. The predicted octanol–water partition coefficient (Wildman–Crippen LogP) is 1.74. The number of nitrogens with zero attached hydrogens (tertiary/aromatic N) is 1. The molecule has 0 aromatic heterocycles. The SMILES string of the molecule is COc1cccc(NC(=O)CN(C)C(=O)c2ccc3c(c2)OCC(=O)N3)c1. The Labute approximate surface area is 156 Å². The minimum atomic E-state index is -0.334. The van der Waals surface area contributed by atoms with E-state index in [1.54, 1.807) is 49.6 Å². The van der Waals surface area contributed by atoms with Crippen molar-refractivity contribution in [2.24, 2.45) is 0 Å². The molecule has 0 saturated heterocycles. The standard InChI is InChI=1S/C19H19N3O5/c1-22(10-17(23)20-13-4-3-5-14(9-13)26-2)19(25)12-6-7-15-16(8-12)27-11-18(24)21-15/h3-9H,10-11H2,1-2H3,(H,20,23)(H,21,24). The van der Waals surface area contributed by atoms with Gasteiger partial charge in [-0.1, -0.05) is 6.07 Å². The van der Waals surface area contributed by atoms with Gasteiger partial charge in [-0.2, -0.15) is 0 Å². The minimum Gasteiger partial charge on any atom is -0.497 e. The quantitative estimate of drug-likeness (QED) is 0.837. The molecule has 0 saturated carbocycles. The summed E-state index contributed by atoms with van der Waals surface area (Å²) in [6.45, 7) is -0.214. The van der Waals surface area contributed by atoms with Gasteiger partial charge in [0.15, 0.2) is 6.61 Å². The number of rotatable bonds is 5. The molecule has 1 aliphatic rings. The maximum absolute atomic E-state index is 12.6. The van der Waals surface area contributed by atoms with E-state index in [-0.39, 0.29) is 30.9 Å². The Morgan fingerprint density at radius 2 is 2.07 bits per heavy atom. The molecule has 2 N–H and O–H groups in total. The van der Waals surface area contributed by atoms with Gasteiger partial charge in [0.2, 0.25) is 5.91 Å². The third kappa shape index (κ3) is 4.35. The molecule has 140 valence electrons. The zero-order chi connectivity index (χ0) is 19.4. The van der Waals surface area contributed by atoms with E-state index in [1.165, 1.54) is 11.9 Å². The van der Waals surface area contributed by atoms with Gasteiger partial charge in [0.05, 0.1) is 19.3 Å². The molecular weight excluding hydrogens is 350 g/mol. The predicted molar refractivity (Wildman–Crippen MR) is 99.2 cm³/mol. The number of likely N-dealkylation sites (N-methyl/N-ethyl adjacent to an activating group) is 1. The first-order valence-electron chi connectivity index (χ1n) is 8.22. The summed E-state index contributed by atoms with van der Waals surface area (Å²) in [5, 5.41) is 5.38. The third-order valence-corrected chi connectivity index (χ3v) is 3.94. The molecule has 3 rings (SSSR count). The molecule has 0 spiro atoms. The number of carbonyl (C=O) groups excluding carboxylic acids is 3. The number of benzene rings is 2. The molecule has 2 aromatic rings. The second-order valence-corrected chi connectivity index (χ2v) is 5.99. The number of methoxy groups -OCH3 is 1. The summed E-state index contributed by atoms with van der Waals surface area (Å²) in [5.41, 5.74) is 1.46. The molecule has 3 amide bonds. The number of hydrogen-bond donors (Lipinski definition) is 2. The molecule has 27 heavy (non-hydrogen) atoms.